The van der Waals surface area contributed by atoms with E-state index in [1.807, 2.05) is 0 Å². The van der Waals surface area contributed by atoms with Gasteiger partial charge in [0, 0.05) is 44.6 Å². The summed E-state index contributed by atoms with van der Waals surface area (Å²) >= 11 is 0. The number of nitro benzene ring substituents is 1. The molecule has 0 spiro atoms. The van der Waals surface area contributed by atoms with Crippen LogP contribution in [0.15, 0.2) is 24.3 Å². The minimum absolute atomic E-state index is 0.00492. The molecule has 1 fully saturated rings. The fourth-order valence-electron chi connectivity index (χ4n) is 3.52. The van der Waals surface area contributed by atoms with Crippen LogP contribution in [0.5, 0.6) is 0 Å². The molecule has 9 heteroatoms. The minimum Gasteiger partial charge on any atom is -0.480 e. The molecule has 1 aromatic carbocycles. The maximum absolute atomic E-state index is 12.5. The number of aliphatic carboxylic acids is 1. The second-order valence-corrected chi connectivity index (χ2v) is 6.93. The predicted octanol–water partition coefficient (Wildman–Crippen LogP) is 1.84. The molecule has 1 aromatic rings. The molecule has 0 aliphatic carbocycles. The lowest BCUT2D eigenvalue weighted by Gasteiger charge is -2.28. The van der Waals surface area contributed by atoms with Gasteiger partial charge in [-0.3, -0.25) is 24.5 Å². The molecule has 2 amide bonds. The second-order valence-electron chi connectivity index (χ2n) is 6.93. The molecule has 1 aliphatic heterocycles. The molecule has 1 N–H and O–H groups in total. The summed E-state index contributed by atoms with van der Waals surface area (Å²) < 4.78 is 0. The highest BCUT2D eigenvalue weighted by Gasteiger charge is 2.27. The number of likely N-dealkylation sites (tertiary alicyclic amines) is 1. The van der Waals surface area contributed by atoms with Crippen LogP contribution >= 0.6 is 0 Å². The fourth-order valence-corrected chi connectivity index (χ4v) is 3.52. The van der Waals surface area contributed by atoms with Crippen LogP contribution in [0.2, 0.25) is 0 Å². The third-order valence-electron chi connectivity index (χ3n) is 4.95. The topological polar surface area (TPSA) is 121 Å². The Morgan fingerprint density at radius 2 is 2.04 bits per heavy atom. The van der Waals surface area contributed by atoms with Gasteiger partial charge in [-0.15, -0.1) is 0 Å². The molecule has 0 saturated carbocycles. The third-order valence-corrected chi connectivity index (χ3v) is 4.95. The van der Waals surface area contributed by atoms with Gasteiger partial charge in [0.15, 0.2) is 0 Å². The standard InChI is InChI=1S/C19H25N3O6/c1-14(23)21(13-19(25)26)16-6-3-10-20(11-9-16)18(24)8-7-15-4-2-5-17(12-15)22(27)28/h2,4-5,12,16H,3,6-11,13H2,1H3,(H,25,26). The lowest BCUT2D eigenvalue weighted by atomic mass is 10.1. The van der Waals surface area contributed by atoms with Crippen molar-refractivity contribution in [3.63, 3.8) is 0 Å². The van der Waals surface area contributed by atoms with E-state index in [9.17, 15) is 24.5 Å². The number of nitro groups is 1. The maximum atomic E-state index is 12.5. The van der Waals surface area contributed by atoms with E-state index in [1.165, 1.54) is 24.0 Å². The molecule has 0 bridgehead atoms. The Labute approximate surface area is 163 Å². The summed E-state index contributed by atoms with van der Waals surface area (Å²) in [7, 11) is 0. The average molecular weight is 391 g/mol. The number of carboxylic acid groups (broad SMARTS) is 1. The Bertz CT molecular complexity index is 751. The molecule has 1 unspecified atom stereocenters. The van der Waals surface area contributed by atoms with Crippen LogP contribution in [-0.4, -0.2) is 63.3 Å². The lowest BCUT2D eigenvalue weighted by Crippen LogP contribution is -2.43. The van der Waals surface area contributed by atoms with E-state index in [0.29, 0.717) is 38.8 Å². The fraction of sp³-hybridized carbons (Fsp3) is 0.526. The summed E-state index contributed by atoms with van der Waals surface area (Å²) in [5, 5.41) is 19.8. The molecule has 9 nitrogen and oxygen atoms in total. The predicted molar refractivity (Wildman–Crippen MR) is 101 cm³/mol. The van der Waals surface area contributed by atoms with Crippen LogP contribution < -0.4 is 0 Å². The zero-order chi connectivity index (χ0) is 20.7. The zero-order valence-corrected chi connectivity index (χ0v) is 15.9. The van der Waals surface area contributed by atoms with Crippen LogP contribution in [-0.2, 0) is 20.8 Å². The van der Waals surface area contributed by atoms with Gasteiger partial charge in [-0.05, 0) is 31.2 Å². The van der Waals surface area contributed by atoms with E-state index >= 15 is 0 Å². The molecule has 0 radical (unpaired) electrons. The Hall–Kier alpha value is -2.97. The third kappa shape index (κ3) is 6.04. The van der Waals surface area contributed by atoms with E-state index in [1.54, 1.807) is 17.0 Å². The molecule has 1 aliphatic rings. The van der Waals surface area contributed by atoms with Crippen LogP contribution in [0.4, 0.5) is 5.69 Å². The number of nitrogens with zero attached hydrogens (tertiary/aromatic N) is 3. The van der Waals surface area contributed by atoms with Crippen molar-refractivity contribution in [3.05, 3.63) is 39.9 Å². The number of hydrogen-bond acceptors (Lipinski definition) is 5. The molecule has 28 heavy (non-hydrogen) atoms. The van der Waals surface area contributed by atoms with Crippen LogP contribution in [0.3, 0.4) is 0 Å². The zero-order valence-electron chi connectivity index (χ0n) is 15.9. The highest BCUT2D eigenvalue weighted by atomic mass is 16.6. The molecular weight excluding hydrogens is 366 g/mol. The summed E-state index contributed by atoms with van der Waals surface area (Å²) in [6, 6.07) is 6.06. The first-order valence-electron chi connectivity index (χ1n) is 9.28. The number of carbonyl (C=O) groups excluding carboxylic acids is 2. The summed E-state index contributed by atoms with van der Waals surface area (Å²) in [5.74, 6) is -1.37. The van der Waals surface area contributed by atoms with E-state index < -0.39 is 10.9 Å². The number of non-ortho nitro benzene ring substituents is 1. The first-order valence-corrected chi connectivity index (χ1v) is 9.28. The molecule has 1 heterocycles. The maximum Gasteiger partial charge on any atom is 0.323 e. The summed E-state index contributed by atoms with van der Waals surface area (Å²) in [6.07, 6.45) is 2.55. The van der Waals surface area contributed by atoms with Gasteiger partial charge >= 0.3 is 5.97 Å². The summed E-state index contributed by atoms with van der Waals surface area (Å²) in [6.45, 7) is 2.04. The Kier molecular flexibility index (Phi) is 7.48. The van der Waals surface area contributed by atoms with Crippen molar-refractivity contribution in [2.45, 2.75) is 45.1 Å². The SMILES string of the molecule is CC(=O)N(CC(=O)O)C1CCCN(C(=O)CCc2cccc([N+](=O)[O-])c2)CC1. The number of amides is 2. The quantitative estimate of drug-likeness (QED) is 0.559. The first-order chi connectivity index (χ1) is 13.3. The smallest absolute Gasteiger partial charge is 0.323 e. The van der Waals surface area contributed by atoms with Crippen molar-refractivity contribution in [2.24, 2.45) is 0 Å². The first kappa shape index (κ1) is 21.3. The Morgan fingerprint density at radius 1 is 1.29 bits per heavy atom. The van der Waals surface area contributed by atoms with E-state index in [0.717, 1.165) is 5.56 Å². The van der Waals surface area contributed by atoms with Crippen molar-refractivity contribution < 1.29 is 24.4 Å². The summed E-state index contributed by atoms with van der Waals surface area (Å²) in [5.41, 5.74) is 0.741. The van der Waals surface area contributed by atoms with E-state index in [4.69, 9.17) is 5.11 Å². The van der Waals surface area contributed by atoms with Gasteiger partial charge in [-0.25, -0.2) is 0 Å². The van der Waals surface area contributed by atoms with Crippen molar-refractivity contribution in [1.29, 1.82) is 0 Å². The largest absolute Gasteiger partial charge is 0.480 e. The number of carboxylic acids is 1. The number of hydrogen-bond donors (Lipinski definition) is 1. The van der Waals surface area contributed by atoms with Crippen LogP contribution in [0.1, 0.15) is 38.2 Å². The highest BCUT2D eigenvalue weighted by molar-refractivity contribution is 5.80. The molecule has 152 valence electrons. The Morgan fingerprint density at radius 3 is 2.68 bits per heavy atom. The molecule has 2 rings (SSSR count). The van der Waals surface area contributed by atoms with Gasteiger partial charge in [0.2, 0.25) is 11.8 Å². The number of carbonyl (C=O) groups is 3. The number of aryl methyl sites for hydroxylation is 1. The molecular formula is C19H25N3O6. The van der Waals surface area contributed by atoms with Crippen molar-refractivity contribution in [1.82, 2.24) is 9.80 Å². The monoisotopic (exact) mass is 391 g/mol. The van der Waals surface area contributed by atoms with Gasteiger partial charge in [0.1, 0.15) is 6.54 Å². The average Bonchev–Trinajstić information content (AvgIpc) is 2.90. The van der Waals surface area contributed by atoms with Gasteiger partial charge < -0.3 is 14.9 Å². The van der Waals surface area contributed by atoms with E-state index in [-0.39, 0.29) is 36.5 Å². The lowest BCUT2D eigenvalue weighted by molar-refractivity contribution is -0.384. The minimum atomic E-state index is -1.05. The number of benzene rings is 1. The van der Waals surface area contributed by atoms with E-state index in [2.05, 4.69) is 0 Å². The van der Waals surface area contributed by atoms with Crippen molar-refractivity contribution in [2.75, 3.05) is 19.6 Å². The van der Waals surface area contributed by atoms with Gasteiger partial charge in [-0.2, -0.15) is 0 Å². The van der Waals surface area contributed by atoms with Gasteiger partial charge in [-0.1, -0.05) is 12.1 Å². The second kappa shape index (κ2) is 9.82. The van der Waals surface area contributed by atoms with Crippen molar-refractivity contribution >= 4 is 23.5 Å². The molecule has 1 saturated heterocycles. The normalized spacial score (nSPS) is 16.9. The van der Waals surface area contributed by atoms with Crippen molar-refractivity contribution in [3.8, 4) is 0 Å². The van der Waals surface area contributed by atoms with Crippen LogP contribution in [0, 0.1) is 10.1 Å². The Balaban J connectivity index is 1.91. The molecule has 0 aromatic heterocycles. The highest BCUT2D eigenvalue weighted by Crippen LogP contribution is 2.19. The summed E-state index contributed by atoms with van der Waals surface area (Å²) in [4.78, 5) is 48.8. The van der Waals surface area contributed by atoms with Gasteiger partial charge in [0.05, 0.1) is 4.92 Å². The van der Waals surface area contributed by atoms with Crippen LogP contribution in [0.25, 0.3) is 0 Å². The van der Waals surface area contributed by atoms with Gasteiger partial charge in [0.25, 0.3) is 5.69 Å². The number of rotatable bonds is 7. The molecule has 1 atom stereocenters.